The summed E-state index contributed by atoms with van der Waals surface area (Å²) in [7, 11) is 3.28. The number of halogens is 1. The molecule has 4 atom stereocenters. The van der Waals surface area contributed by atoms with Crippen LogP contribution in [0.15, 0.2) is 45.8 Å². The maximum atomic E-state index is 12.3. The van der Waals surface area contributed by atoms with Gasteiger partial charge in [-0.05, 0) is 94.5 Å². The van der Waals surface area contributed by atoms with Crippen LogP contribution in [0.5, 0.6) is 0 Å². The first-order valence-corrected chi connectivity index (χ1v) is 17.9. The van der Waals surface area contributed by atoms with Gasteiger partial charge in [-0.2, -0.15) is 0 Å². The third-order valence-electron chi connectivity index (χ3n) is 7.63. The fraction of sp³-hybridized carbons (Fsp3) is 0.625. The van der Waals surface area contributed by atoms with Gasteiger partial charge in [0.15, 0.2) is 0 Å². The lowest BCUT2D eigenvalue weighted by molar-refractivity contribution is -0.130. The minimum absolute atomic E-state index is 0.00787. The van der Waals surface area contributed by atoms with Gasteiger partial charge in [0.25, 0.3) is 0 Å². The molecular weight excluding hydrogens is 678 g/mol. The third kappa shape index (κ3) is 15.3. The van der Waals surface area contributed by atoms with Crippen LogP contribution in [-0.4, -0.2) is 78.1 Å². The Morgan fingerprint density at radius 2 is 1.84 bits per heavy atom. The molecule has 3 unspecified atom stereocenters. The molecular formula is C32H50BrN5O5S2. The van der Waals surface area contributed by atoms with Crippen molar-refractivity contribution >= 4 is 64.2 Å². The van der Waals surface area contributed by atoms with Crippen molar-refractivity contribution in [3.05, 3.63) is 40.9 Å². The molecule has 1 aromatic rings. The van der Waals surface area contributed by atoms with Crippen molar-refractivity contribution in [3.63, 3.8) is 0 Å². The van der Waals surface area contributed by atoms with Crippen LogP contribution >= 0.6 is 39.9 Å². The Morgan fingerprint density at radius 1 is 1.18 bits per heavy atom. The molecule has 0 bridgehead atoms. The van der Waals surface area contributed by atoms with Crippen molar-refractivity contribution in [3.8, 4) is 0 Å². The largest absolute Gasteiger partial charge is 0.372 e. The second-order valence-electron chi connectivity index (χ2n) is 12.0. The number of nitrogens with zero attached hydrogens (tertiary/aromatic N) is 2. The third-order valence-corrected chi connectivity index (χ3v) is 10.2. The van der Waals surface area contributed by atoms with Crippen LogP contribution in [0.2, 0.25) is 0 Å². The molecule has 3 aliphatic rings. The van der Waals surface area contributed by atoms with Gasteiger partial charge in [-0.15, -0.1) is 0 Å². The first-order chi connectivity index (χ1) is 21.4. The van der Waals surface area contributed by atoms with Crippen molar-refractivity contribution in [1.82, 2.24) is 19.8 Å². The van der Waals surface area contributed by atoms with Crippen molar-refractivity contribution in [2.75, 3.05) is 27.2 Å². The molecule has 2 saturated carbocycles. The molecule has 10 nitrogen and oxygen atoms in total. The number of rotatable bonds is 13. The summed E-state index contributed by atoms with van der Waals surface area (Å²) in [6, 6.07) is 7.72. The average Bonchev–Trinajstić information content (AvgIpc) is 3.92. The van der Waals surface area contributed by atoms with Gasteiger partial charge in [0.05, 0.1) is 12.6 Å². The number of benzene rings is 1. The normalized spacial score (nSPS) is 22.3. The summed E-state index contributed by atoms with van der Waals surface area (Å²) in [5, 5.41) is 2.60. The summed E-state index contributed by atoms with van der Waals surface area (Å²) in [6.45, 7) is 6.99. The Balaban J connectivity index is 0.000000298. The monoisotopic (exact) mass is 727 g/mol. The van der Waals surface area contributed by atoms with E-state index in [0.717, 1.165) is 22.2 Å². The predicted octanol–water partition coefficient (Wildman–Crippen LogP) is 5.91. The number of hydrogen-bond donors (Lipinski definition) is 3. The number of primary amides is 1. The van der Waals surface area contributed by atoms with Crippen molar-refractivity contribution < 1.29 is 23.4 Å². The molecule has 3 fully saturated rings. The first-order valence-electron chi connectivity index (χ1n) is 15.6. The minimum Gasteiger partial charge on any atom is -0.372 e. The number of unbranched alkanes of at least 4 members (excludes halogenated alkanes) is 3. The highest BCUT2D eigenvalue weighted by molar-refractivity contribution is 9.10. The minimum atomic E-state index is -0.270. The van der Waals surface area contributed by atoms with Crippen LogP contribution in [0, 0.1) is 11.8 Å². The summed E-state index contributed by atoms with van der Waals surface area (Å²) in [6.07, 6.45) is 14.1. The zero-order valence-corrected chi connectivity index (χ0v) is 30.3. The molecule has 1 aliphatic heterocycles. The number of nitrogens with two attached hydrogens (primary N) is 1. The van der Waals surface area contributed by atoms with E-state index in [0.29, 0.717) is 17.2 Å². The fourth-order valence-corrected chi connectivity index (χ4v) is 6.17. The molecule has 1 saturated heterocycles. The molecule has 0 aromatic heterocycles. The highest BCUT2D eigenvalue weighted by Gasteiger charge is 2.44. The number of carbonyl (C=O) groups excluding carboxylic acids is 4. The number of carbonyl (C=O) groups is 4. The van der Waals surface area contributed by atoms with Crippen molar-refractivity contribution in [2.45, 2.75) is 93.9 Å². The molecule has 2 aliphatic carbocycles. The van der Waals surface area contributed by atoms with Crippen LogP contribution < -0.4 is 15.8 Å². The SMILES string of the molecule is CCCCC/C=C\C1CC1C(=O)NSC1(C)CC1.C[C@@H]1CC(OSc2ccc(Br)cc2)CN1C(=O)CNC(=O)N(C)C.NC=O. The summed E-state index contributed by atoms with van der Waals surface area (Å²) >= 11 is 6.36. The van der Waals surface area contributed by atoms with Gasteiger partial charge < -0.3 is 25.0 Å². The van der Waals surface area contributed by atoms with E-state index in [1.54, 1.807) is 30.9 Å². The van der Waals surface area contributed by atoms with E-state index in [1.807, 2.05) is 31.2 Å². The van der Waals surface area contributed by atoms with Crippen LogP contribution in [0.25, 0.3) is 0 Å². The molecule has 45 heavy (non-hydrogen) atoms. The smallest absolute Gasteiger partial charge is 0.317 e. The molecule has 252 valence electrons. The maximum absolute atomic E-state index is 12.3. The van der Waals surface area contributed by atoms with E-state index in [9.17, 15) is 14.4 Å². The van der Waals surface area contributed by atoms with Gasteiger partial charge >= 0.3 is 6.03 Å². The summed E-state index contributed by atoms with van der Waals surface area (Å²) < 4.78 is 10.3. The van der Waals surface area contributed by atoms with E-state index in [2.05, 4.69) is 57.7 Å². The quantitative estimate of drug-likeness (QED) is 0.0756. The van der Waals surface area contributed by atoms with E-state index in [4.69, 9.17) is 8.98 Å². The van der Waals surface area contributed by atoms with Gasteiger partial charge in [-0.1, -0.05) is 47.8 Å². The van der Waals surface area contributed by atoms with E-state index in [-0.39, 0.29) is 48.9 Å². The zero-order chi connectivity index (χ0) is 33.4. The molecule has 0 spiro atoms. The lowest BCUT2D eigenvalue weighted by Gasteiger charge is -2.22. The average molecular weight is 729 g/mol. The van der Waals surface area contributed by atoms with E-state index in [1.165, 1.54) is 55.5 Å². The Kier molecular flexibility index (Phi) is 17.4. The van der Waals surface area contributed by atoms with Gasteiger partial charge in [-0.3, -0.25) is 19.1 Å². The van der Waals surface area contributed by atoms with E-state index >= 15 is 0 Å². The Bertz CT molecular complexity index is 1120. The molecule has 1 heterocycles. The number of hydrogen-bond acceptors (Lipinski definition) is 7. The van der Waals surface area contributed by atoms with Gasteiger partial charge in [-0.25, -0.2) is 4.79 Å². The summed E-state index contributed by atoms with van der Waals surface area (Å²) in [4.78, 5) is 48.4. The lowest BCUT2D eigenvalue weighted by Crippen LogP contribution is -2.44. The van der Waals surface area contributed by atoms with Gasteiger partial charge in [0.2, 0.25) is 18.2 Å². The second kappa shape index (κ2) is 20.1. The predicted molar refractivity (Wildman–Crippen MR) is 186 cm³/mol. The Hall–Kier alpha value is -2.22. The summed E-state index contributed by atoms with van der Waals surface area (Å²) in [5.41, 5.74) is 4.17. The molecule has 4 rings (SSSR count). The number of nitrogens with one attached hydrogen (secondary N) is 2. The van der Waals surface area contributed by atoms with E-state index < -0.39 is 0 Å². The molecule has 4 N–H and O–H groups in total. The van der Waals surface area contributed by atoms with Crippen LogP contribution in [-0.2, 0) is 18.6 Å². The molecule has 0 radical (unpaired) electrons. The number of urea groups is 1. The van der Waals surface area contributed by atoms with Crippen molar-refractivity contribution in [2.24, 2.45) is 17.6 Å². The van der Waals surface area contributed by atoms with Gasteiger partial charge in [0, 0.05) is 58.8 Å². The molecule has 5 amide bonds. The highest BCUT2D eigenvalue weighted by atomic mass is 79.9. The number of allylic oxidation sites excluding steroid dienone is 2. The first kappa shape index (κ1) is 39.0. The molecule has 13 heteroatoms. The van der Waals surface area contributed by atoms with Crippen molar-refractivity contribution in [1.29, 1.82) is 0 Å². The fourth-order valence-electron chi connectivity index (χ4n) is 4.46. The highest BCUT2D eigenvalue weighted by Crippen LogP contribution is 2.47. The topological polar surface area (TPSA) is 134 Å². The Labute approximate surface area is 285 Å². The zero-order valence-electron chi connectivity index (χ0n) is 27.1. The summed E-state index contributed by atoms with van der Waals surface area (Å²) in [5.74, 6) is 0.926. The second-order valence-corrected chi connectivity index (χ2v) is 15.2. The number of likely N-dealkylation sites (tertiary alicyclic amines) is 1. The number of amides is 5. The van der Waals surface area contributed by atoms with Crippen LogP contribution in [0.1, 0.15) is 72.1 Å². The molecule has 1 aromatic carbocycles. The maximum Gasteiger partial charge on any atom is 0.317 e. The lowest BCUT2D eigenvalue weighted by atomic mass is 10.2. The Morgan fingerprint density at radius 3 is 2.44 bits per heavy atom. The van der Waals surface area contributed by atoms with Crippen LogP contribution in [0.3, 0.4) is 0 Å². The standard InChI is InChI=1S/C16H22BrN3O3S.C15H25NOS.CH3NO/c1-11-8-13(23-24-14-6-4-12(17)5-7-14)10-20(11)15(21)9-18-16(22)19(2)3;1-3-4-5-6-7-8-12-11-13(12)14(17)16-18-15(2)9-10-15;2-1-3/h4-7,11,13H,8-10H2,1-3H3,(H,18,22);7-8,12-13H,3-6,9-11H2,1-2H3,(H,16,17);1H,(H2,2,3)/b;8-7-;/t11-,13?;;/m1../s1. The van der Waals surface area contributed by atoms with Crippen LogP contribution in [0.4, 0.5) is 4.79 Å². The van der Waals surface area contributed by atoms with Gasteiger partial charge in [0.1, 0.15) is 0 Å².